The van der Waals surface area contributed by atoms with Gasteiger partial charge in [0.25, 0.3) is 0 Å². The Labute approximate surface area is 138 Å². The summed E-state index contributed by atoms with van der Waals surface area (Å²) in [4.78, 5) is 18.3. The lowest BCUT2D eigenvalue weighted by Gasteiger charge is -2.34. The Morgan fingerprint density at radius 2 is 2.22 bits per heavy atom. The van der Waals surface area contributed by atoms with Gasteiger partial charge in [-0.3, -0.25) is 0 Å². The molecule has 5 nitrogen and oxygen atoms in total. The first-order chi connectivity index (χ1) is 10.8. The van der Waals surface area contributed by atoms with E-state index in [9.17, 15) is 10.1 Å². The molecule has 5 heteroatoms. The molecule has 1 atom stereocenters. The summed E-state index contributed by atoms with van der Waals surface area (Å²) in [6, 6.07) is 6.09. The maximum atomic E-state index is 12.2. The van der Waals surface area contributed by atoms with Crippen molar-refractivity contribution in [3.63, 3.8) is 0 Å². The number of aromatic nitrogens is 1. The van der Waals surface area contributed by atoms with E-state index in [4.69, 9.17) is 4.74 Å². The minimum atomic E-state index is -0.473. The zero-order valence-corrected chi connectivity index (χ0v) is 14.4. The minimum Gasteiger partial charge on any atom is -0.444 e. The average molecular weight is 315 g/mol. The van der Waals surface area contributed by atoms with Crippen molar-refractivity contribution in [2.24, 2.45) is 5.92 Å². The number of pyridine rings is 1. The highest BCUT2D eigenvalue weighted by Gasteiger charge is 2.28. The molecule has 0 radical (unpaired) electrons. The number of piperidine rings is 1. The smallest absolute Gasteiger partial charge is 0.410 e. The van der Waals surface area contributed by atoms with Crippen LogP contribution < -0.4 is 0 Å². The second-order valence-electron chi connectivity index (χ2n) is 7.21. The number of nitriles is 1. The first-order valence-electron chi connectivity index (χ1n) is 8.13. The van der Waals surface area contributed by atoms with Crippen molar-refractivity contribution in [2.45, 2.75) is 52.6 Å². The van der Waals surface area contributed by atoms with Gasteiger partial charge >= 0.3 is 6.09 Å². The summed E-state index contributed by atoms with van der Waals surface area (Å²) >= 11 is 0. The predicted molar refractivity (Wildman–Crippen MR) is 87.9 cm³/mol. The number of ether oxygens (including phenoxy) is 1. The Morgan fingerprint density at radius 1 is 1.48 bits per heavy atom. The Kier molecular flexibility index (Phi) is 5.25. The third kappa shape index (κ3) is 4.95. The van der Waals surface area contributed by atoms with Gasteiger partial charge in [0.1, 0.15) is 17.4 Å². The van der Waals surface area contributed by atoms with E-state index in [2.05, 4.69) is 11.1 Å². The average Bonchev–Trinajstić information content (AvgIpc) is 2.47. The fraction of sp³-hybridized carbons (Fsp3) is 0.611. The molecule has 1 amide bonds. The fourth-order valence-corrected chi connectivity index (χ4v) is 2.88. The minimum absolute atomic E-state index is 0.246. The van der Waals surface area contributed by atoms with Crippen molar-refractivity contribution in [3.05, 3.63) is 29.1 Å². The van der Waals surface area contributed by atoms with E-state index >= 15 is 0 Å². The molecule has 0 spiro atoms. The van der Waals surface area contributed by atoms with Crippen LogP contribution >= 0.6 is 0 Å². The molecule has 1 aliphatic heterocycles. The van der Waals surface area contributed by atoms with Crippen LogP contribution in [0.25, 0.3) is 0 Å². The number of carbonyl (C=O) groups excluding carboxylic acids is 1. The quantitative estimate of drug-likeness (QED) is 0.838. The lowest BCUT2D eigenvalue weighted by atomic mass is 9.91. The van der Waals surface area contributed by atoms with Crippen molar-refractivity contribution >= 4 is 6.09 Å². The topological polar surface area (TPSA) is 66.2 Å². The lowest BCUT2D eigenvalue weighted by molar-refractivity contribution is 0.0166. The van der Waals surface area contributed by atoms with Gasteiger partial charge in [0.15, 0.2) is 0 Å². The summed E-state index contributed by atoms with van der Waals surface area (Å²) in [7, 11) is 0. The van der Waals surface area contributed by atoms with E-state index in [1.165, 1.54) is 0 Å². The van der Waals surface area contributed by atoms with E-state index in [0.29, 0.717) is 18.2 Å². The molecule has 1 aromatic rings. The van der Waals surface area contributed by atoms with Crippen molar-refractivity contribution in [1.82, 2.24) is 9.88 Å². The van der Waals surface area contributed by atoms with Crippen molar-refractivity contribution < 1.29 is 9.53 Å². The summed E-state index contributed by atoms with van der Waals surface area (Å²) in [5.74, 6) is 0.341. The first-order valence-corrected chi connectivity index (χ1v) is 8.13. The highest BCUT2D eigenvalue weighted by Crippen LogP contribution is 2.23. The number of hydrogen-bond acceptors (Lipinski definition) is 4. The summed E-state index contributed by atoms with van der Waals surface area (Å²) in [5.41, 5.74) is 1.84. The van der Waals surface area contributed by atoms with Gasteiger partial charge in [0.05, 0.1) is 0 Å². The van der Waals surface area contributed by atoms with E-state index < -0.39 is 5.60 Å². The van der Waals surface area contributed by atoms with Crippen LogP contribution in [-0.4, -0.2) is 34.7 Å². The SMILES string of the molecule is Cc1ccc(CC2CCCN(C(=O)OC(C)(C)C)C2)c(C#N)n1. The third-order valence-electron chi connectivity index (χ3n) is 3.90. The number of nitrogens with zero attached hydrogens (tertiary/aromatic N) is 3. The molecule has 0 aliphatic carbocycles. The highest BCUT2D eigenvalue weighted by atomic mass is 16.6. The van der Waals surface area contributed by atoms with Gasteiger partial charge in [-0.15, -0.1) is 0 Å². The Bertz CT molecular complexity index is 614. The number of amides is 1. The molecule has 0 N–H and O–H groups in total. The van der Waals surface area contributed by atoms with Crippen molar-refractivity contribution in [2.75, 3.05) is 13.1 Å². The van der Waals surface area contributed by atoms with Gasteiger partial charge < -0.3 is 9.64 Å². The standard InChI is InChI=1S/C18H25N3O2/c1-13-7-8-15(16(11-19)20-13)10-14-6-5-9-21(12-14)17(22)23-18(2,3)4/h7-8,14H,5-6,9-10,12H2,1-4H3. The molecule has 1 aromatic heterocycles. The Balaban J connectivity index is 2.02. The second kappa shape index (κ2) is 6.99. The predicted octanol–water partition coefficient (Wildman–Crippen LogP) is 3.45. The molecular formula is C18H25N3O2. The van der Waals surface area contributed by atoms with Crippen LogP contribution in [0.1, 0.15) is 50.6 Å². The van der Waals surface area contributed by atoms with Gasteiger partial charge in [0, 0.05) is 18.8 Å². The van der Waals surface area contributed by atoms with E-state index in [-0.39, 0.29) is 6.09 Å². The molecule has 0 aromatic carbocycles. The maximum Gasteiger partial charge on any atom is 0.410 e. The van der Waals surface area contributed by atoms with E-state index in [0.717, 1.165) is 37.1 Å². The molecule has 1 saturated heterocycles. The molecule has 0 bridgehead atoms. The van der Waals surface area contributed by atoms with Crippen LogP contribution in [0.5, 0.6) is 0 Å². The van der Waals surface area contributed by atoms with Gasteiger partial charge in [-0.1, -0.05) is 6.07 Å². The number of carbonyl (C=O) groups is 1. The fourth-order valence-electron chi connectivity index (χ4n) is 2.88. The molecule has 1 aliphatic rings. The zero-order valence-electron chi connectivity index (χ0n) is 14.4. The molecule has 1 unspecified atom stereocenters. The largest absolute Gasteiger partial charge is 0.444 e. The van der Waals surface area contributed by atoms with E-state index in [1.807, 2.05) is 39.8 Å². The number of likely N-dealkylation sites (tertiary alicyclic amines) is 1. The van der Waals surface area contributed by atoms with Gasteiger partial charge in [-0.25, -0.2) is 9.78 Å². The molecule has 124 valence electrons. The van der Waals surface area contributed by atoms with Crippen LogP contribution in [0.15, 0.2) is 12.1 Å². The van der Waals surface area contributed by atoms with Gasteiger partial charge in [0.2, 0.25) is 0 Å². The summed E-state index contributed by atoms with van der Waals surface area (Å²) < 4.78 is 5.46. The molecular weight excluding hydrogens is 290 g/mol. The maximum absolute atomic E-state index is 12.2. The first kappa shape index (κ1) is 17.3. The molecule has 2 rings (SSSR count). The van der Waals surface area contributed by atoms with Gasteiger partial charge in [-0.2, -0.15) is 5.26 Å². The Morgan fingerprint density at radius 3 is 2.87 bits per heavy atom. The Hall–Kier alpha value is -2.09. The van der Waals surface area contributed by atoms with Crippen LogP contribution in [0, 0.1) is 24.2 Å². The van der Waals surface area contributed by atoms with Crippen LogP contribution in [0.4, 0.5) is 4.79 Å². The molecule has 1 fully saturated rings. The number of rotatable bonds is 2. The summed E-state index contributed by atoms with van der Waals surface area (Å²) in [6.45, 7) is 8.93. The van der Waals surface area contributed by atoms with Crippen LogP contribution in [-0.2, 0) is 11.2 Å². The normalized spacial score (nSPS) is 18.4. The zero-order chi connectivity index (χ0) is 17.0. The monoisotopic (exact) mass is 315 g/mol. The lowest BCUT2D eigenvalue weighted by Crippen LogP contribution is -2.43. The number of hydrogen-bond donors (Lipinski definition) is 0. The van der Waals surface area contributed by atoms with Crippen molar-refractivity contribution in [1.29, 1.82) is 5.26 Å². The highest BCUT2D eigenvalue weighted by molar-refractivity contribution is 5.68. The van der Waals surface area contributed by atoms with Crippen molar-refractivity contribution in [3.8, 4) is 6.07 Å². The summed E-state index contributed by atoms with van der Waals surface area (Å²) in [6.07, 6.45) is 2.54. The van der Waals surface area contributed by atoms with E-state index in [1.54, 1.807) is 4.90 Å². The van der Waals surface area contributed by atoms with Crippen LogP contribution in [0.3, 0.4) is 0 Å². The van der Waals surface area contributed by atoms with Gasteiger partial charge in [-0.05, 0) is 64.5 Å². The molecule has 2 heterocycles. The second-order valence-corrected chi connectivity index (χ2v) is 7.21. The third-order valence-corrected chi connectivity index (χ3v) is 3.90. The summed E-state index contributed by atoms with van der Waals surface area (Å²) in [5, 5.41) is 9.24. The van der Waals surface area contributed by atoms with Crippen LogP contribution in [0.2, 0.25) is 0 Å². The molecule has 23 heavy (non-hydrogen) atoms. The number of aryl methyl sites for hydroxylation is 1. The molecule has 0 saturated carbocycles.